The summed E-state index contributed by atoms with van der Waals surface area (Å²) >= 11 is 0. The number of benzene rings is 1. The van der Waals surface area contributed by atoms with Gasteiger partial charge in [0.1, 0.15) is 18.4 Å². The van der Waals surface area contributed by atoms with Crippen LogP contribution in [0.1, 0.15) is 44.1 Å². The Morgan fingerprint density at radius 1 is 1.05 bits per heavy atom. The highest BCUT2D eigenvalue weighted by atomic mass is 16.5. The molecule has 0 radical (unpaired) electrons. The van der Waals surface area contributed by atoms with Gasteiger partial charge in [0.05, 0.1) is 24.3 Å². The van der Waals surface area contributed by atoms with Crippen LogP contribution in [0.5, 0.6) is 0 Å². The van der Waals surface area contributed by atoms with Crippen LogP contribution in [0.15, 0.2) is 49.3 Å². The zero-order chi connectivity index (χ0) is 27.9. The number of nitrogens with one attached hydrogen (secondary N) is 1. The first-order chi connectivity index (χ1) is 20.0. The molecule has 5 aromatic rings. The van der Waals surface area contributed by atoms with Gasteiger partial charge in [-0.1, -0.05) is 18.2 Å². The van der Waals surface area contributed by atoms with Gasteiger partial charge in [0.2, 0.25) is 0 Å². The molecule has 0 bridgehead atoms. The van der Waals surface area contributed by atoms with Gasteiger partial charge in [-0.15, -0.1) is 0 Å². The van der Waals surface area contributed by atoms with Crippen LogP contribution in [-0.2, 0) is 11.8 Å². The zero-order valence-electron chi connectivity index (χ0n) is 23.9. The normalized spacial score (nSPS) is 19.2. The van der Waals surface area contributed by atoms with Crippen molar-refractivity contribution < 1.29 is 4.74 Å². The maximum absolute atomic E-state index is 6.00. The van der Waals surface area contributed by atoms with E-state index >= 15 is 0 Å². The molecule has 0 spiro atoms. The minimum atomic E-state index is -0.109. The Bertz CT molecular complexity index is 1680. The molecular formula is C30H36N10O. The Balaban J connectivity index is 1.27. The molecular weight excluding hydrogens is 516 g/mol. The number of fused-ring (bicyclic) bond motifs is 2. The number of imidazole rings is 1. The summed E-state index contributed by atoms with van der Waals surface area (Å²) in [6.45, 7) is 6.76. The second-order valence-electron chi connectivity index (χ2n) is 11.2. The number of aryl methyl sites for hydroxylation is 1. The monoisotopic (exact) mass is 552 g/mol. The van der Waals surface area contributed by atoms with Crippen molar-refractivity contribution in [3.8, 4) is 11.1 Å². The Morgan fingerprint density at radius 3 is 2.71 bits per heavy atom. The highest BCUT2D eigenvalue weighted by Crippen LogP contribution is 2.37. The molecule has 2 atom stereocenters. The number of hydrogen-bond acceptors (Lipinski definition) is 9. The number of pyridine rings is 1. The number of ether oxygens (including phenoxy) is 1. The van der Waals surface area contributed by atoms with Crippen LogP contribution in [0.4, 0.5) is 11.6 Å². The fourth-order valence-electron chi connectivity index (χ4n) is 5.97. The second kappa shape index (κ2) is 10.7. The van der Waals surface area contributed by atoms with Crippen molar-refractivity contribution in [3.63, 3.8) is 0 Å². The number of anilines is 2. The third-order valence-corrected chi connectivity index (χ3v) is 8.30. The summed E-state index contributed by atoms with van der Waals surface area (Å²) in [6.07, 6.45) is 10.6. The summed E-state index contributed by atoms with van der Waals surface area (Å²) in [7, 11) is 4.13. The molecule has 4 aromatic heterocycles. The minimum absolute atomic E-state index is 0.0313. The quantitative estimate of drug-likeness (QED) is 0.328. The summed E-state index contributed by atoms with van der Waals surface area (Å²) in [5.74, 6) is 1.72. The number of nitrogens with zero attached hydrogens (tertiary/aromatic N) is 9. The molecule has 0 saturated carbocycles. The van der Waals surface area contributed by atoms with E-state index in [0.29, 0.717) is 5.82 Å². The lowest BCUT2D eigenvalue weighted by Gasteiger charge is -2.34. The second-order valence-corrected chi connectivity index (χ2v) is 11.2. The molecule has 2 saturated heterocycles. The average molecular weight is 553 g/mol. The van der Waals surface area contributed by atoms with Crippen LogP contribution in [-0.4, -0.2) is 79.0 Å². The lowest BCUT2D eigenvalue weighted by Crippen LogP contribution is -2.45. The first kappa shape index (κ1) is 25.8. The van der Waals surface area contributed by atoms with E-state index in [9.17, 15) is 0 Å². The van der Waals surface area contributed by atoms with E-state index in [-0.39, 0.29) is 12.3 Å². The lowest BCUT2D eigenvalue weighted by molar-refractivity contribution is -0.0298. The van der Waals surface area contributed by atoms with E-state index in [1.165, 1.54) is 0 Å². The molecule has 212 valence electrons. The molecule has 2 aliphatic rings. The van der Waals surface area contributed by atoms with Gasteiger partial charge in [0.25, 0.3) is 0 Å². The summed E-state index contributed by atoms with van der Waals surface area (Å²) in [4.78, 5) is 23.9. The van der Waals surface area contributed by atoms with Crippen molar-refractivity contribution in [2.75, 3.05) is 50.1 Å². The standard InChI is InChI=1S/C30H36N10O/c1-20(35-28-27-30(32-18-31-28)40(19-33-27)25-9-4-5-14-41-25)24-15-21-7-6-8-23(22-16-34-38(3)17-22)26(21)29(36-24)39-12-10-37(2)11-13-39/h6-8,15-20,25H,4-5,9-14H2,1-3H3,(H,31,32,35)/t20-,25?/m0/s1. The molecule has 41 heavy (non-hydrogen) atoms. The first-order valence-electron chi connectivity index (χ1n) is 14.5. The highest BCUT2D eigenvalue weighted by molar-refractivity contribution is 6.04. The van der Waals surface area contributed by atoms with Crippen LogP contribution < -0.4 is 10.2 Å². The van der Waals surface area contributed by atoms with Crippen molar-refractivity contribution in [3.05, 3.63) is 55.0 Å². The van der Waals surface area contributed by atoms with E-state index < -0.39 is 0 Å². The fraction of sp³-hybridized carbons (Fsp3) is 0.433. The Hall–Kier alpha value is -4.09. The van der Waals surface area contributed by atoms with Crippen LogP contribution in [0.25, 0.3) is 33.1 Å². The Morgan fingerprint density at radius 2 is 1.93 bits per heavy atom. The van der Waals surface area contributed by atoms with Gasteiger partial charge in [-0.05, 0) is 50.2 Å². The van der Waals surface area contributed by atoms with Gasteiger partial charge < -0.3 is 19.9 Å². The number of rotatable bonds is 6. The molecule has 1 N–H and O–H groups in total. The molecule has 2 aliphatic heterocycles. The van der Waals surface area contributed by atoms with Crippen LogP contribution >= 0.6 is 0 Å². The fourth-order valence-corrected chi connectivity index (χ4v) is 5.97. The van der Waals surface area contributed by atoms with E-state index in [0.717, 1.165) is 96.6 Å². The summed E-state index contributed by atoms with van der Waals surface area (Å²) in [5, 5.41) is 10.4. The SMILES string of the molecule is C[C@H](Nc1ncnc2c1ncn2C1CCCCO1)c1cc2cccc(-c3cnn(C)c3)c2c(N2CCN(C)CC2)n1. The smallest absolute Gasteiger partial charge is 0.167 e. The number of aromatic nitrogens is 7. The molecule has 11 nitrogen and oxygen atoms in total. The Kier molecular flexibility index (Phi) is 6.76. The van der Waals surface area contributed by atoms with Gasteiger partial charge in [-0.25, -0.2) is 19.9 Å². The van der Waals surface area contributed by atoms with Crippen LogP contribution in [0.3, 0.4) is 0 Å². The third-order valence-electron chi connectivity index (χ3n) is 8.30. The van der Waals surface area contributed by atoms with E-state index in [1.807, 2.05) is 28.8 Å². The van der Waals surface area contributed by atoms with Gasteiger partial charge in [-0.2, -0.15) is 5.10 Å². The largest absolute Gasteiger partial charge is 0.360 e. The van der Waals surface area contributed by atoms with Crippen molar-refractivity contribution in [1.29, 1.82) is 0 Å². The molecule has 1 aromatic carbocycles. The number of piperazine rings is 1. The Labute approximate surface area is 239 Å². The first-order valence-corrected chi connectivity index (χ1v) is 14.5. The molecule has 11 heteroatoms. The van der Waals surface area contributed by atoms with Crippen molar-refractivity contribution >= 4 is 33.6 Å². The number of hydrogen-bond donors (Lipinski definition) is 1. The van der Waals surface area contributed by atoms with E-state index in [1.54, 1.807) is 6.33 Å². The van der Waals surface area contributed by atoms with E-state index in [2.05, 4.69) is 79.6 Å². The van der Waals surface area contributed by atoms with Crippen LogP contribution in [0, 0.1) is 0 Å². The molecule has 1 unspecified atom stereocenters. The topological polar surface area (TPSA) is 102 Å². The predicted molar refractivity (Wildman–Crippen MR) is 160 cm³/mol. The van der Waals surface area contributed by atoms with Crippen molar-refractivity contribution in [1.82, 2.24) is 39.2 Å². The van der Waals surface area contributed by atoms with Gasteiger partial charge in [-0.3, -0.25) is 9.25 Å². The zero-order valence-corrected chi connectivity index (χ0v) is 23.9. The van der Waals surface area contributed by atoms with Gasteiger partial charge in [0.15, 0.2) is 17.0 Å². The molecule has 0 aliphatic carbocycles. The predicted octanol–water partition coefficient (Wildman–Crippen LogP) is 4.40. The van der Waals surface area contributed by atoms with E-state index in [4.69, 9.17) is 9.72 Å². The third kappa shape index (κ3) is 4.89. The molecule has 7 rings (SSSR count). The summed E-state index contributed by atoms with van der Waals surface area (Å²) in [6, 6.07) is 8.56. The maximum Gasteiger partial charge on any atom is 0.167 e. The minimum Gasteiger partial charge on any atom is -0.360 e. The number of likely N-dealkylation sites (N-methyl/N-ethyl adjacent to an activating group) is 1. The van der Waals surface area contributed by atoms with Crippen molar-refractivity contribution in [2.45, 2.75) is 38.5 Å². The highest BCUT2D eigenvalue weighted by Gasteiger charge is 2.24. The molecule has 0 amide bonds. The summed E-state index contributed by atoms with van der Waals surface area (Å²) < 4.78 is 9.88. The maximum atomic E-state index is 6.00. The molecule has 6 heterocycles. The van der Waals surface area contributed by atoms with Crippen LogP contribution in [0.2, 0.25) is 0 Å². The van der Waals surface area contributed by atoms with Gasteiger partial charge in [0, 0.05) is 57.0 Å². The molecule has 2 fully saturated rings. The summed E-state index contributed by atoms with van der Waals surface area (Å²) in [5.41, 5.74) is 4.73. The lowest BCUT2D eigenvalue weighted by atomic mass is 9.99. The van der Waals surface area contributed by atoms with Gasteiger partial charge >= 0.3 is 0 Å². The van der Waals surface area contributed by atoms with Crippen molar-refractivity contribution in [2.24, 2.45) is 7.05 Å². The average Bonchev–Trinajstić information content (AvgIpc) is 3.64.